The maximum absolute atomic E-state index is 12.8. The minimum absolute atomic E-state index is 0.0568. The molecule has 9 heteroatoms. The Morgan fingerprint density at radius 1 is 1.07 bits per heavy atom. The fourth-order valence-electron chi connectivity index (χ4n) is 3.11. The van der Waals surface area contributed by atoms with Crippen molar-refractivity contribution in [3.8, 4) is 11.5 Å². The average molecular weight is 429 g/mol. The van der Waals surface area contributed by atoms with Crippen molar-refractivity contribution in [2.75, 3.05) is 20.8 Å². The number of benzene rings is 2. The van der Waals surface area contributed by atoms with Gasteiger partial charge in [0.25, 0.3) is 5.91 Å². The number of aliphatic imine (C=N–C) groups is 1. The molecule has 30 heavy (non-hydrogen) atoms. The van der Waals surface area contributed by atoms with Gasteiger partial charge in [-0.05, 0) is 54.8 Å². The molecule has 0 atom stereocenters. The SMILES string of the molecule is COc1ccc(/C=C2\N=C(C)N(CCc3ccc(S(N)(=O)=O)cc3)C2=O)cc1OC. The van der Waals surface area contributed by atoms with E-state index in [0.717, 1.165) is 11.1 Å². The molecule has 0 bridgehead atoms. The van der Waals surface area contributed by atoms with E-state index in [9.17, 15) is 13.2 Å². The van der Waals surface area contributed by atoms with E-state index in [1.54, 1.807) is 56.4 Å². The fourth-order valence-corrected chi connectivity index (χ4v) is 3.63. The highest BCUT2D eigenvalue weighted by molar-refractivity contribution is 7.89. The molecule has 0 radical (unpaired) electrons. The van der Waals surface area contributed by atoms with Gasteiger partial charge in [-0.2, -0.15) is 0 Å². The number of nitrogens with two attached hydrogens (primary N) is 1. The molecule has 2 aromatic carbocycles. The minimum Gasteiger partial charge on any atom is -0.493 e. The van der Waals surface area contributed by atoms with Gasteiger partial charge in [0.2, 0.25) is 10.0 Å². The zero-order chi connectivity index (χ0) is 21.9. The number of rotatable bonds is 7. The lowest BCUT2D eigenvalue weighted by Crippen LogP contribution is -2.32. The van der Waals surface area contributed by atoms with Gasteiger partial charge >= 0.3 is 0 Å². The summed E-state index contributed by atoms with van der Waals surface area (Å²) in [5.74, 6) is 1.58. The molecule has 2 aromatic rings. The maximum atomic E-state index is 12.8. The predicted molar refractivity (Wildman–Crippen MR) is 114 cm³/mol. The molecule has 0 saturated carbocycles. The summed E-state index contributed by atoms with van der Waals surface area (Å²) in [6, 6.07) is 11.7. The van der Waals surface area contributed by atoms with Crippen LogP contribution in [-0.2, 0) is 21.2 Å². The molecule has 8 nitrogen and oxygen atoms in total. The number of nitrogens with zero attached hydrogens (tertiary/aromatic N) is 2. The van der Waals surface area contributed by atoms with Gasteiger partial charge in [-0.25, -0.2) is 18.5 Å². The van der Waals surface area contributed by atoms with E-state index in [2.05, 4.69) is 4.99 Å². The third-order valence-electron chi connectivity index (χ3n) is 4.72. The van der Waals surface area contributed by atoms with Crippen molar-refractivity contribution in [1.29, 1.82) is 0 Å². The van der Waals surface area contributed by atoms with Gasteiger partial charge in [-0.15, -0.1) is 0 Å². The molecule has 1 heterocycles. The minimum atomic E-state index is -3.72. The van der Waals surface area contributed by atoms with Crippen LogP contribution in [0.2, 0.25) is 0 Å². The fraction of sp³-hybridized carbons (Fsp3) is 0.238. The first kappa shape index (κ1) is 21.5. The third kappa shape index (κ3) is 4.69. The number of carbonyl (C=O) groups is 1. The van der Waals surface area contributed by atoms with Gasteiger partial charge in [0, 0.05) is 6.54 Å². The molecule has 0 saturated heterocycles. The zero-order valence-corrected chi connectivity index (χ0v) is 17.8. The van der Waals surface area contributed by atoms with Crippen LogP contribution in [0.1, 0.15) is 18.1 Å². The summed E-state index contributed by atoms with van der Waals surface area (Å²) in [6.07, 6.45) is 2.25. The first-order valence-corrected chi connectivity index (χ1v) is 10.7. The molecular formula is C21H23N3O5S. The summed E-state index contributed by atoms with van der Waals surface area (Å²) in [5, 5.41) is 5.11. The topological polar surface area (TPSA) is 111 Å². The van der Waals surface area contributed by atoms with E-state index in [4.69, 9.17) is 14.6 Å². The highest BCUT2D eigenvalue weighted by Crippen LogP contribution is 2.29. The van der Waals surface area contributed by atoms with Crippen LogP contribution in [0.15, 0.2) is 58.0 Å². The lowest BCUT2D eigenvalue weighted by atomic mass is 10.1. The van der Waals surface area contributed by atoms with Crippen LogP contribution in [-0.4, -0.2) is 45.8 Å². The van der Waals surface area contributed by atoms with E-state index in [-0.39, 0.29) is 10.8 Å². The summed E-state index contributed by atoms with van der Waals surface area (Å²) in [4.78, 5) is 18.8. The van der Waals surface area contributed by atoms with Gasteiger partial charge in [0.05, 0.1) is 19.1 Å². The van der Waals surface area contributed by atoms with E-state index in [0.29, 0.717) is 36.0 Å². The summed E-state index contributed by atoms with van der Waals surface area (Å²) in [5.41, 5.74) is 2.00. The Morgan fingerprint density at radius 3 is 2.33 bits per heavy atom. The van der Waals surface area contributed by atoms with Crippen LogP contribution in [0.3, 0.4) is 0 Å². The summed E-state index contributed by atoms with van der Waals surface area (Å²) in [7, 11) is -0.612. The Bertz CT molecular complexity index is 1120. The normalized spacial score (nSPS) is 15.5. The number of methoxy groups -OCH3 is 2. The number of sulfonamides is 1. The number of ether oxygens (including phenoxy) is 2. The zero-order valence-electron chi connectivity index (χ0n) is 17.0. The van der Waals surface area contributed by atoms with E-state index in [1.807, 2.05) is 6.07 Å². The molecule has 1 amide bonds. The molecule has 1 aliphatic heterocycles. The van der Waals surface area contributed by atoms with Crippen LogP contribution in [0.25, 0.3) is 6.08 Å². The number of amides is 1. The number of primary sulfonamides is 1. The summed E-state index contributed by atoms with van der Waals surface area (Å²) < 4.78 is 33.2. The molecule has 0 aliphatic carbocycles. The number of carbonyl (C=O) groups excluding carboxylic acids is 1. The van der Waals surface area contributed by atoms with E-state index >= 15 is 0 Å². The Hall–Kier alpha value is -3.17. The van der Waals surface area contributed by atoms with E-state index in [1.165, 1.54) is 12.1 Å². The Labute approximate surface area is 175 Å². The Kier molecular flexibility index (Phi) is 6.23. The van der Waals surface area contributed by atoms with Crippen LogP contribution in [0.4, 0.5) is 0 Å². The summed E-state index contributed by atoms with van der Waals surface area (Å²) in [6.45, 7) is 2.20. The van der Waals surface area contributed by atoms with Gasteiger partial charge in [0.1, 0.15) is 11.5 Å². The van der Waals surface area contributed by atoms with Crippen molar-refractivity contribution in [3.05, 3.63) is 59.3 Å². The molecule has 0 spiro atoms. The van der Waals surface area contributed by atoms with E-state index < -0.39 is 10.0 Å². The molecule has 2 N–H and O–H groups in total. The quantitative estimate of drug-likeness (QED) is 0.678. The molecule has 3 rings (SSSR count). The lowest BCUT2D eigenvalue weighted by Gasteiger charge is -2.16. The van der Waals surface area contributed by atoms with Crippen molar-refractivity contribution in [2.45, 2.75) is 18.2 Å². The molecular weight excluding hydrogens is 406 g/mol. The van der Waals surface area contributed by atoms with Gasteiger partial charge < -0.3 is 9.47 Å². The predicted octanol–water partition coefficient (Wildman–Crippen LogP) is 2.20. The second kappa shape index (κ2) is 8.68. The van der Waals surface area contributed by atoms with Crippen molar-refractivity contribution >= 4 is 27.8 Å². The monoisotopic (exact) mass is 429 g/mol. The second-order valence-electron chi connectivity index (χ2n) is 6.70. The van der Waals surface area contributed by atoms with Gasteiger partial charge in [-0.3, -0.25) is 9.69 Å². The number of amidine groups is 1. The van der Waals surface area contributed by atoms with Crippen molar-refractivity contribution in [1.82, 2.24) is 4.90 Å². The second-order valence-corrected chi connectivity index (χ2v) is 8.26. The largest absolute Gasteiger partial charge is 0.493 e. The number of hydrogen-bond donors (Lipinski definition) is 1. The Balaban J connectivity index is 1.72. The Morgan fingerprint density at radius 2 is 1.73 bits per heavy atom. The van der Waals surface area contributed by atoms with Gasteiger partial charge in [-0.1, -0.05) is 18.2 Å². The van der Waals surface area contributed by atoms with Crippen molar-refractivity contribution < 1.29 is 22.7 Å². The smallest absolute Gasteiger partial charge is 0.277 e. The van der Waals surface area contributed by atoms with Crippen LogP contribution in [0.5, 0.6) is 11.5 Å². The number of hydrogen-bond acceptors (Lipinski definition) is 6. The summed E-state index contributed by atoms with van der Waals surface area (Å²) >= 11 is 0. The third-order valence-corrected chi connectivity index (χ3v) is 5.65. The average Bonchev–Trinajstić information content (AvgIpc) is 2.98. The molecule has 1 aliphatic rings. The first-order valence-electron chi connectivity index (χ1n) is 9.15. The molecule has 0 fully saturated rings. The highest BCUT2D eigenvalue weighted by Gasteiger charge is 2.27. The molecule has 0 unspecified atom stereocenters. The lowest BCUT2D eigenvalue weighted by molar-refractivity contribution is -0.122. The molecule has 0 aromatic heterocycles. The van der Waals surface area contributed by atoms with Gasteiger partial charge in [0.15, 0.2) is 11.5 Å². The van der Waals surface area contributed by atoms with Crippen molar-refractivity contribution in [3.63, 3.8) is 0 Å². The first-order chi connectivity index (χ1) is 14.2. The van der Waals surface area contributed by atoms with Crippen LogP contribution < -0.4 is 14.6 Å². The van der Waals surface area contributed by atoms with Crippen LogP contribution in [0, 0.1) is 0 Å². The molecule has 158 valence electrons. The standard InChI is InChI=1S/C21H23N3O5S/c1-14-23-18(12-16-6-9-19(28-2)20(13-16)29-3)21(25)24(14)11-10-15-4-7-17(8-5-15)30(22,26)27/h4-9,12-13H,10-11H2,1-3H3,(H2,22,26,27)/b18-12-. The highest BCUT2D eigenvalue weighted by atomic mass is 32.2. The van der Waals surface area contributed by atoms with Crippen molar-refractivity contribution in [2.24, 2.45) is 10.1 Å². The van der Waals surface area contributed by atoms with Crippen LogP contribution >= 0.6 is 0 Å². The maximum Gasteiger partial charge on any atom is 0.277 e.